The topological polar surface area (TPSA) is 90.2 Å². The summed E-state index contributed by atoms with van der Waals surface area (Å²) in [5.74, 6) is 0.689. The van der Waals surface area contributed by atoms with E-state index in [0.29, 0.717) is 18.7 Å². The molecular formula is C27H34N2O5. The van der Waals surface area contributed by atoms with E-state index in [-0.39, 0.29) is 30.2 Å². The lowest BCUT2D eigenvalue weighted by Gasteiger charge is -2.36. The second kappa shape index (κ2) is 10.1. The van der Waals surface area contributed by atoms with E-state index in [2.05, 4.69) is 23.8 Å². The minimum absolute atomic E-state index is 0.175. The number of hydrogen-bond donors (Lipinski definition) is 1. The van der Waals surface area contributed by atoms with Gasteiger partial charge in [0.2, 0.25) is 0 Å². The number of rotatable bonds is 8. The number of carbonyl (C=O) groups excluding carboxylic acids is 1. The first-order chi connectivity index (χ1) is 16.3. The molecule has 2 heterocycles. The third-order valence-electron chi connectivity index (χ3n) is 7.25. The predicted octanol–water partition coefficient (Wildman–Crippen LogP) is 4.83. The van der Waals surface area contributed by atoms with E-state index in [9.17, 15) is 9.90 Å². The lowest BCUT2D eigenvalue weighted by atomic mass is 9.71. The highest BCUT2D eigenvalue weighted by molar-refractivity contribution is 6.02. The maximum atomic E-state index is 11.2. The molecule has 2 aromatic rings. The Labute approximate surface area is 201 Å². The predicted molar refractivity (Wildman–Crippen MR) is 130 cm³/mol. The molecular weight excluding hydrogens is 432 g/mol. The van der Waals surface area contributed by atoms with Crippen LogP contribution in [0.5, 0.6) is 11.5 Å². The van der Waals surface area contributed by atoms with E-state index in [1.54, 1.807) is 13.2 Å². The lowest BCUT2D eigenvalue weighted by Crippen LogP contribution is -2.35. The van der Waals surface area contributed by atoms with Crippen LogP contribution in [-0.4, -0.2) is 42.1 Å². The van der Waals surface area contributed by atoms with E-state index < -0.39 is 0 Å². The van der Waals surface area contributed by atoms with Gasteiger partial charge in [-0.2, -0.15) is 0 Å². The Hall–Kier alpha value is -2.93. The monoisotopic (exact) mass is 466 g/mol. The van der Waals surface area contributed by atoms with Crippen molar-refractivity contribution in [3.63, 3.8) is 0 Å². The number of methoxy groups -OCH3 is 1. The number of aromatic nitrogens is 1. The summed E-state index contributed by atoms with van der Waals surface area (Å²) in [4.78, 5) is 20.9. The number of pyridine rings is 1. The molecule has 0 bridgehead atoms. The zero-order valence-corrected chi connectivity index (χ0v) is 20.6. The van der Waals surface area contributed by atoms with Gasteiger partial charge in [-0.1, -0.05) is 24.4 Å². The summed E-state index contributed by atoms with van der Waals surface area (Å²) in [6.07, 6.45) is 6.28. The normalized spacial score (nSPS) is 17.4. The van der Waals surface area contributed by atoms with E-state index in [1.165, 1.54) is 12.0 Å². The smallest absolute Gasteiger partial charge is 0.340 e. The van der Waals surface area contributed by atoms with Gasteiger partial charge in [0.25, 0.3) is 0 Å². The third kappa shape index (κ3) is 4.94. The molecule has 0 radical (unpaired) electrons. The molecule has 1 aromatic heterocycles. The molecule has 1 N–H and O–H groups in total. The fourth-order valence-corrected chi connectivity index (χ4v) is 5.22. The number of oxime groups is 1. The highest BCUT2D eigenvalue weighted by atomic mass is 16.7. The molecule has 1 aliphatic heterocycles. The molecule has 0 atom stereocenters. The summed E-state index contributed by atoms with van der Waals surface area (Å²) in [5, 5.41) is 14.5. The molecule has 1 aromatic carbocycles. The maximum Gasteiger partial charge on any atom is 0.340 e. The van der Waals surface area contributed by atoms with E-state index in [0.717, 1.165) is 59.5 Å². The molecule has 34 heavy (non-hydrogen) atoms. The number of aromatic hydroxyl groups is 1. The number of aryl methyl sites for hydroxylation is 1. The summed E-state index contributed by atoms with van der Waals surface area (Å²) < 4.78 is 11.5. The first-order valence-corrected chi connectivity index (χ1v) is 12.0. The maximum absolute atomic E-state index is 11.2. The quantitative estimate of drug-likeness (QED) is 0.560. The number of hydrogen-bond acceptors (Lipinski definition) is 7. The van der Waals surface area contributed by atoms with Crippen LogP contribution in [0.25, 0.3) is 0 Å². The Balaban J connectivity index is 1.58. The fourth-order valence-electron chi connectivity index (χ4n) is 5.22. The Kier molecular flexibility index (Phi) is 7.22. The van der Waals surface area contributed by atoms with Crippen LogP contribution >= 0.6 is 0 Å². The van der Waals surface area contributed by atoms with Crippen molar-refractivity contribution in [2.45, 2.75) is 71.1 Å². The number of nitrogens with zero attached hydrogens (tertiary/aromatic N) is 2. The molecule has 0 spiro atoms. The van der Waals surface area contributed by atoms with Crippen molar-refractivity contribution < 1.29 is 24.2 Å². The second-order valence-electron chi connectivity index (χ2n) is 9.63. The number of benzene rings is 1. The Bertz CT molecular complexity index is 1100. The molecule has 2 aliphatic rings. The zero-order valence-electron chi connectivity index (χ0n) is 20.6. The van der Waals surface area contributed by atoms with Crippen LogP contribution in [0.2, 0.25) is 0 Å². The van der Waals surface area contributed by atoms with Crippen molar-refractivity contribution in [2.24, 2.45) is 5.16 Å². The van der Waals surface area contributed by atoms with E-state index in [4.69, 9.17) is 14.5 Å². The zero-order chi connectivity index (χ0) is 24.3. The van der Waals surface area contributed by atoms with Crippen LogP contribution in [0.1, 0.15) is 72.2 Å². The average molecular weight is 467 g/mol. The minimum Gasteiger partial charge on any atom is -0.506 e. The van der Waals surface area contributed by atoms with Crippen molar-refractivity contribution in [3.05, 3.63) is 51.8 Å². The Morgan fingerprint density at radius 3 is 2.56 bits per heavy atom. The highest BCUT2D eigenvalue weighted by Crippen LogP contribution is 2.42. The van der Waals surface area contributed by atoms with E-state index >= 15 is 0 Å². The van der Waals surface area contributed by atoms with Crippen LogP contribution < -0.4 is 4.74 Å². The van der Waals surface area contributed by atoms with Crippen molar-refractivity contribution in [2.75, 3.05) is 20.3 Å². The van der Waals surface area contributed by atoms with Crippen LogP contribution in [0, 0.1) is 20.8 Å². The molecule has 0 saturated heterocycles. The van der Waals surface area contributed by atoms with Crippen molar-refractivity contribution >= 4 is 11.7 Å². The molecule has 7 heteroatoms. The largest absolute Gasteiger partial charge is 0.506 e. The summed E-state index contributed by atoms with van der Waals surface area (Å²) in [7, 11) is 1.72. The molecule has 1 fully saturated rings. The minimum atomic E-state index is -0.348. The Morgan fingerprint density at radius 1 is 1.12 bits per heavy atom. The fraction of sp³-hybridized carbons (Fsp3) is 0.519. The van der Waals surface area contributed by atoms with Crippen LogP contribution in [0.4, 0.5) is 0 Å². The second-order valence-corrected chi connectivity index (χ2v) is 9.63. The lowest BCUT2D eigenvalue weighted by molar-refractivity contribution is -0.140. The van der Waals surface area contributed by atoms with Crippen LogP contribution in [0.15, 0.2) is 23.4 Å². The first kappa shape index (κ1) is 24.2. The number of ether oxygens (including phenoxy) is 2. The third-order valence-corrected chi connectivity index (χ3v) is 7.25. The molecule has 0 unspecified atom stereocenters. The molecule has 1 saturated carbocycles. The van der Waals surface area contributed by atoms with Gasteiger partial charge in [-0.3, -0.25) is 4.98 Å². The van der Waals surface area contributed by atoms with Crippen molar-refractivity contribution in [1.29, 1.82) is 0 Å². The molecule has 0 amide bonds. The Morgan fingerprint density at radius 2 is 1.88 bits per heavy atom. The van der Waals surface area contributed by atoms with E-state index in [1.807, 2.05) is 19.1 Å². The van der Waals surface area contributed by atoms with Gasteiger partial charge < -0.3 is 19.4 Å². The summed E-state index contributed by atoms with van der Waals surface area (Å²) >= 11 is 0. The molecule has 7 nitrogen and oxygen atoms in total. The number of carbonyl (C=O) groups is 1. The van der Waals surface area contributed by atoms with Crippen molar-refractivity contribution in [1.82, 2.24) is 4.98 Å². The van der Waals surface area contributed by atoms with Gasteiger partial charge >= 0.3 is 5.97 Å². The molecule has 182 valence electrons. The van der Waals surface area contributed by atoms with Crippen molar-refractivity contribution in [3.8, 4) is 11.5 Å². The average Bonchev–Trinajstić information content (AvgIpc) is 3.25. The van der Waals surface area contributed by atoms with Gasteiger partial charge in [0.05, 0.1) is 18.7 Å². The van der Waals surface area contributed by atoms with Crippen LogP contribution in [0.3, 0.4) is 0 Å². The molecule has 4 rings (SSSR count). The first-order valence-electron chi connectivity index (χ1n) is 12.0. The highest BCUT2D eigenvalue weighted by Gasteiger charge is 2.37. The van der Waals surface area contributed by atoms with Gasteiger partial charge in [-0.05, 0) is 74.1 Å². The summed E-state index contributed by atoms with van der Waals surface area (Å²) in [6, 6.07) is 5.73. The SMILES string of the molecule is COCC1(c2nc(Cc3c(C)cc(OCC4=NOC(=O)C4)c(C)c3C)ccc2O)CCCCC1. The van der Waals surface area contributed by atoms with Crippen LogP contribution in [-0.2, 0) is 26.2 Å². The van der Waals surface area contributed by atoms with Gasteiger partial charge in [-0.15, -0.1) is 0 Å². The van der Waals surface area contributed by atoms with Gasteiger partial charge in [0.15, 0.2) is 0 Å². The standard InChI is InChI=1S/C27H34N2O5/c1-17-12-24(33-15-21-14-25(31)34-29-21)19(3)18(2)22(17)13-20-8-9-23(30)26(28-20)27(16-32-4)10-6-5-7-11-27/h8-9,12,30H,5-7,10-11,13-16H2,1-4H3. The van der Waals surface area contributed by atoms with Gasteiger partial charge in [0.1, 0.15) is 23.8 Å². The van der Waals surface area contributed by atoms with Gasteiger partial charge in [-0.25, -0.2) is 4.79 Å². The molecule has 1 aliphatic carbocycles. The summed E-state index contributed by atoms with van der Waals surface area (Å²) in [5.41, 5.74) is 6.59. The van der Waals surface area contributed by atoms with Gasteiger partial charge in [0, 0.05) is 24.6 Å². The summed E-state index contributed by atoms with van der Waals surface area (Å²) in [6.45, 7) is 7.01.